The summed E-state index contributed by atoms with van der Waals surface area (Å²) < 4.78 is 58.8. The van der Waals surface area contributed by atoms with E-state index in [2.05, 4.69) is 9.97 Å². The third-order valence-electron chi connectivity index (χ3n) is 6.59. The molecular formula is C27H25F3N4O5S. The maximum atomic E-state index is 14.1. The van der Waals surface area contributed by atoms with Crippen LogP contribution < -0.4 is 15.0 Å². The first kappa shape index (κ1) is 27.4. The fourth-order valence-corrected chi connectivity index (χ4v) is 5.70. The van der Waals surface area contributed by atoms with Crippen LogP contribution in [0.4, 0.5) is 18.0 Å². The summed E-state index contributed by atoms with van der Waals surface area (Å²) in [5.74, 6) is -0.636. The number of fused-ring (bicyclic) bond motifs is 1. The molecule has 1 aliphatic rings. The minimum absolute atomic E-state index is 0.0821. The van der Waals surface area contributed by atoms with Crippen molar-refractivity contribution in [2.75, 3.05) is 20.8 Å². The van der Waals surface area contributed by atoms with E-state index in [9.17, 15) is 22.8 Å². The van der Waals surface area contributed by atoms with Gasteiger partial charge in [0.2, 0.25) is 5.82 Å². The zero-order valence-corrected chi connectivity index (χ0v) is 22.4. The molecule has 0 radical (unpaired) electrons. The van der Waals surface area contributed by atoms with Crippen LogP contribution in [0.1, 0.15) is 40.8 Å². The van der Waals surface area contributed by atoms with Gasteiger partial charge in [0.15, 0.2) is 10.3 Å². The summed E-state index contributed by atoms with van der Waals surface area (Å²) >= 11 is 0.876. The smallest absolute Gasteiger partial charge is 0.449 e. The third kappa shape index (κ3) is 5.46. The molecule has 0 spiro atoms. The number of benzene rings is 2. The molecule has 2 aromatic carbocycles. The van der Waals surface area contributed by atoms with E-state index in [4.69, 9.17) is 14.2 Å². The standard InChI is InChI=1S/C27H25F3N4O5S/c1-37-18-11-10-17(20(13-18)38-2)14-34-24(35)21-23(32-25(34)27(28,29)30)40-22(31-21)19-9-6-12-33(19)26(36)39-15-16-7-4-3-5-8-16/h3-5,7-8,10-11,13,19H,6,9,12,14-15H2,1-2H3/t19-/m1/s1. The van der Waals surface area contributed by atoms with Crippen molar-refractivity contribution < 1.29 is 32.2 Å². The summed E-state index contributed by atoms with van der Waals surface area (Å²) in [6.45, 7) is 0.0354. The fourth-order valence-electron chi connectivity index (χ4n) is 4.63. The molecule has 13 heteroatoms. The number of nitrogens with zero attached hydrogens (tertiary/aromatic N) is 4. The summed E-state index contributed by atoms with van der Waals surface area (Å²) in [4.78, 5) is 35.9. The SMILES string of the molecule is COc1ccc(Cn2c(C(F)(F)F)nc3sc([C@H]4CCCN4C(=O)OCc4ccccc4)nc3c2=O)c(OC)c1. The predicted octanol–water partition coefficient (Wildman–Crippen LogP) is 5.41. The lowest BCUT2D eigenvalue weighted by Gasteiger charge is -2.22. The molecule has 4 aromatic rings. The Morgan fingerprint density at radius 1 is 1.10 bits per heavy atom. The number of likely N-dealkylation sites (tertiary alicyclic amines) is 1. The average Bonchev–Trinajstić information content (AvgIpc) is 3.61. The number of methoxy groups -OCH3 is 2. The number of carbonyl (C=O) groups excluding carboxylic acids is 1. The maximum absolute atomic E-state index is 14.1. The van der Waals surface area contributed by atoms with Crippen LogP contribution in [0.2, 0.25) is 0 Å². The molecule has 1 fully saturated rings. The Morgan fingerprint density at radius 2 is 1.88 bits per heavy atom. The van der Waals surface area contributed by atoms with E-state index in [1.807, 2.05) is 30.3 Å². The second kappa shape index (κ2) is 11.2. The van der Waals surface area contributed by atoms with Gasteiger partial charge in [0, 0.05) is 18.2 Å². The quantitative estimate of drug-likeness (QED) is 0.291. The number of halogens is 3. The summed E-state index contributed by atoms with van der Waals surface area (Å²) in [6, 6.07) is 13.3. The van der Waals surface area contributed by atoms with Crippen molar-refractivity contribution in [3.8, 4) is 11.5 Å². The van der Waals surface area contributed by atoms with Gasteiger partial charge in [0.25, 0.3) is 5.56 Å². The molecule has 0 N–H and O–H groups in total. The van der Waals surface area contributed by atoms with Gasteiger partial charge < -0.3 is 14.2 Å². The van der Waals surface area contributed by atoms with Gasteiger partial charge in [0.05, 0.1) is 26.8 Å². The minimum Gasteiger partial charge on any atom is -0.497 e. The van der Waals surface area contributed by atoms with Crippen molar-refractivity contribution in [1.82, 2.24) is 19.4 Å². The molecule has 40 heavy (non-hydrogen) atoms. The van der Waals surface area contributed by atoms with Crippen LogP contribution in [0, 0.1) is 0 Å². The predicted molar refractivity (Wildman–Crippen MR) is 141 cm³/mol. The minimum atomic E-state index is -4.90. The van der Waals surface area contributed by atoms with Crippen LogP contribution in [0.15, 0.2) is 53.3 Å². The van der Waals surface area contributed by atoms with Crippen LogP contribution >= 0.6 is 11.3 Å². The Morgan fingerprint density at radius 3 is 2.58 bits per heavy atom. The van der Waals surface area contributed by atoms with Crippen LogP contribution in [0.3, 0.4) is 0 Å². The number of alkyl halides is 3. The molecule has 0 bridgehead atoms. The number of hydrogen-bond acceptors (Lipinski definition) is 8. The molecular weight excluding hydrogens is 549 g/mol. The van der Waals surface area contributed by atoms with Crippen LogP contribution in [0.5, 0.6) is 11.5 Å². The highest BCUT2D eigenvalue weighted by molar-refractivity contribution is 7.18. The van der Waals surface area contributed by atoms with Crippen LogP contribution in [-0.2, 0) is 24.1 Å². The monoisotopic (exact) mass is 574 g/mol. The zero-order chi connectivity index (χ0) is 28.4. The number of carbonyl (C=O) groups is 1. The lowest BCUT2D eigenvalue weighted by Crippen LogP contribution is -2.31. The van der Waals surface area contributed by atoms with E-state index < -0.39 is 36.2 Å². The van der Waals surface area contributed by atoms with Gasteiger partial charge in [0.1, 0.15) is 23.1 Å². The number of hydrogen-bond donors (Lipinski definition) is 0. The largest absolute Gasteiger partial charge is 0.497 e. The van der Waals surface area contributed by atoms with E-state index in [0.29, 0.717) is 40.3 Å². The third-order valence-corrected chi connectivity index (χ3v) is 7.64. The lowest BCUT2D eigenvalue weighted by atomic mass is 10.2. The Hall–Kier alpha value is -4.13. The summed E-state index contributed by atoms with van der Waals surface area (Å²) in [5, 5.41) is 0.335. The van der Waals surface area contributed by atoms with Crippen molar-refractivity contribution in [1.29, 1.82) is 0 Å². The molecule has 0 aliphatic carbocycles. The van der Waals surface area contributed by atoms with Crippen LogP contribution in [0.25, 0.3) is 10.3 Å². The van der Waals surface area contributed by atoms with Crippen LogP contribution in [-0.4, -0.2) is 46.3 Å². The molecule has 9 nitrogen and oxygen atoms in total. The second-order valence-electron chi connectivity index (χ2n) is 9.10. The fraction of sp³-hybridized carbons (Fsp3) is 0.333. The van der Waals surface area contributed by atoms with Gasteiger partial charge in [-0.25, -0.2) is 14.8 Å². The summed E-state index contributed by atoms with van der Waals surface area (Å²) in [7, 11) is 2.82. The van der Waals surface area contributed by atoms with Crippen molar-refractivity contribution in [3.63, 3.8) is 0 Å². The first-order valence-electron chi connectivity index (χ1n) is 12.4. The number of ether oxygens (including phenoxy) is 3. The van der Waals surface area contributed by atoms with E-state index >= 15 is 0 Å². The molecule has 0 unspecified atom stereocenters. The average molecular weight is 575 g/mol. The zero-order valence-electron chi connectivity index (χ0n) is 21.6. The molecule has 1 amide bonds. The number of amides is 1. The van der Waals surface area contributed by atoms with Gasteiger partial charge in [-0.3, -0.25) is 14.3 Å². The van der Waals surface area contributed by atoms with Gasteiger partial charge >= 0.3 is 12.3 Å². The highest BCUT2D eigenvalue weighted by Crippen LogP contribution is 2.37. The lowest BCUT2D eigenvalue weighted by molar-refractivity contribution is -0.147. The first-order chi connectivity index (χ1) is 19.2. The molecule has 0 saturated carbocycles. The maximum Gasteiger partial charge on any atom is 0.449 e. The molecule has 1 atom stereocenters. The van der Waals surface area contributed by atoms with E-state index in [-0.39, 0.29) is 22.7 Å². The highest BCUT2D eigenvalue weighted by atomic mass is 32.1. The molecule has 2 aromatic heterocycles. The Kier molecular flexibility index (Phi) is 7.66. The number of rotatable bonds is 7. The van der Waals surface area contributed by atoms with E-state index in [1.165, 1.54) is 31.3 Å². The number of thiazole rings is 1. The van der Waals surface area contributed by atoms with Crippen molar-refractivity contribution >= 4 is 27.8 Å². The first-order valence-corrected chi connectivity index (χ1v) is 13.2. The van der Waals surface area contributed by atoms with Gasteiger partial charge in [-0.05, 0) is 30.5 Å². The molecule has 5 rings (SSSR count). The van der Waals surface area contributed by atoms with Gasteiger partial charge in [-0.15, -0.1) is 0 Å². The van der Waals surface area contributed by atoms with E-state index in [1.54, 1.807) is 6.07 Å². The van der Waals surface area contributed by atoms with E-state index in [0.717, 1.165) is 16.9 Å². The van der Waals surface area contributed by atoms with Gasteiger partial charge in [-0.1, -0.05) is 41.7 Å². The second-order valence-corrected chi connectivity index (χ2v) is 10.1. The van der Waals surface area contributed by atoms with Gasteiger partial charge in [-0.2, -0.15) is 13.2 Å². The van der Waals surface area contributed by atoms with Crippen molar-refractivity contribution in [2.45, 2.75) is 38.2 Å². The normalized spacial score (nSPS) is 15.4. The molecule has 1 saturated heterocycles. The molecule has 1 aliphatic heterocycles. The topological polar surface area (TPSA) is 95.8 Å². The summed E-state index contributed by atoms with van der Waals surface area (Å²) in [5.41, 5.74) is 0.0269. The van der Waals surface area contributed by atoms with Crippen molar-refractivity contribution in [2.24, 2.45) is 0 Å². The Balaban J connectivity index is 1.48. The highest BCUT2D eigenvalue weighted by Gasteiger charge is 2.39. The number of aromatic nitrogens is 3. The molecule has 210 valence electrons. The summed E-state index contributed by atoms with van der Waals surface area (Å²) in [6.07, 6.45) is -4.27. The Labute approximate surface area is 230 Å². The molecule has 3 heterocycles. The van der Waals surface area contributed by atoms with Crippen molar-refractivity contribution in [3.05, 3.63) is 80.8 Å². The Bertz CT molecular complexity index is 1590.